The number of aliphatic hydroxyl groups is 3. The quantitative estimate of drug-likeness (QED) is 0.423. The molecule has 0 aliphatic heterocycles. The molecule has 0 radical (unpaired) electrons. The number of rotatable bonds is 10. The van der Waals surface area contributed by atoms with E-state index in [2.05, 4.69) is 0 Å². The van der Waals surface area contributed by atoms with Crippen LogP contribution in [-0.4, -0.2) is 44.2 Å². The minimum atomic E-state index is -2.44. The van der Waals surface area contributed by atoms with Crippen LogP contribution in [0.25, 0.3) is 0 Å². The molecule has 1 aliphatic carbocycles. The van der Waals surface area contributed by atoms with E-state index in [1.807, 2.05) is 13.8 Å². The van der Waals surface area contributed by atoms with E-state index in [0.29, 0.717) is 12.8 Å². The third-order valence-electron chi connectivity index (χ3n) is 4.81. The number of ketones is 2. The molecule has 0 aromatic rings. The zero-order chi connectivity index (χ0) is 16.8. The summed E-state index contributed by atoms with van der Waals surface area (Å²) in [7, 11) is 0. The molecule has 5 nitrogen and oxygen atoms in total. The number of unbranched alkanes of at least 4 members (excludes halogenated alkanes) is 4. The summed E-state index contributed by atoms with van der Waals surface area (Å²) in [5, 5.41) is 32.1. The summed E-state index contributed by atoms with van der Waals surface area (Å²) >= 11 is 0. The first-order valence-electron chi connectivity index (χ1n) is 8.54. The zero-order valence-corrected chi connectivity index (χ0v) is 13.8. The van der Waals surface area contributed by atoms with E-state index < -0.39 is 28.9 Å². The summed E-state index contributed by atoms with van der Waals surface area (Å²) in [5.74, 6) is -1.32. The van der Waals surface area contributed by atoms with Crippen LogP contribution in [0, 0.1) is 0 Å². The van der Waals surface area contributed by atoms with Crippen LogP contribution in [0.15, 0.2) is 0 Å². The summed E-state index contributed by atoms with van der Waals surface area (Å²) in [6.07, 6.45) is 3.75. The number of aliphatic hydroxyl groups excluding tert-OH is 1. The predicted octanol–water partition coefficient (Wildman–Crippen LogP) is 1.90. The highest BCUT2D eigenvalue weighted by Crippen LogP contribution is 2.40. The van der Waals surface area contributed by atoms with Crippen molar-refractivity contribution in [2.45, 2.75) is 95.4 Å². The molecule has 0 saturated heterocycles. The van der Waals surface area contributed by atoms with Gasteiger partial charge in [-0.15, -0.1) is 0 Å². The molecule has 128 valence electrons. The monoisotopic (exact) mass is 314 g/mol. The Morgan fingerprint density at radius 2 is 1.55 bits per heavy atom. The van der Waals surface area contributed by atoms with Gasteiger partial charge < -0.3 is 15.3 Å². The van der Waals surface area contributed by atoms with Crippen LogP contribution < -0.4 is 0 Å². The van der Waals surface area contributed by atoms with E-state index in [1.54, 1.807) is 0 Å². The summed E-state index contributed by atoms with van der Waals surface area (Å²) in [6.45, 7) is 4.02. The highest BCUT2D eigenvalue weighted by Gasteiger charge is 2.64. The lowest BCUT2D eigenvalue weighted by Gasteiger charge is -2.42. The van der Waals surface area contributed by atoms with Gasteiger partial charge in [-0.25, -0.2) is 0 Å². The first-order valence-corrected chi connectivity index (χ1v) is 8.54. The Bertz CT molecular complexity index is 377. The number of Topliss-reactive ketones (excluding diaryl/α,β-unsaturated/α-hetero) is 2. The largest absolute Gasteiger partial charge is 0.390 e. The molecule has 3 N–H and O–H groups in total. The van der Waals surface area contributed by atoms with Crippen molar-refractivity contribution < 1.29 is 24.9 Å². The number of hydrogen-bond donors (Lipinski definition) is 3. The summed E-state index contributed by atoms with van der Waals surface area (Å²) in [4.78, 5) is 24.2. The van der Waals surface area contributed by atoms with E-state index in [-0.39, 0.29) is 25.7 Å². The van der Waals surface area contributed by atoms with Crippen molar-refractivity contribution in [3.05, 3.63) is 0 Å². The SMILES string of the molecule is CCCCCC(O)C(O)(CCCCC)C1(O)C(=O)CCC1=O. The molecule has 0 amide bonds. The molecular formula is C17H30O5. The average Bonchev–Trinajstić information content (AvgIpc) is 2.76. The molecule has 0 aromatic carbocycles. The van der Waals surface area contributed by atoms with Gasteiger partial charge in [-0.05, 0) is 12.8 Å². The van der Waals surface area contributed by atoms with Crippen LogP contribution in [0.1, 0.15) is 78.1 Å². The molecule has 1 rings (SSSR count). The van der Waals surface area contributed by atoms with E-state index in [9.17, 15) is 24.9 Å². The zero-order valence-electron chi connectivity index (χ0n) is 13.8. The Kier molecular flexibility index (Phi) is 7.16. The number of hydrogen-bond acceptors (Lipinski definition) is 5. The molecule has 0 heterocycles. The van der Waals surface area contributed by atoms with Gasteiger partial charge >= 0.3 is 0 Å². The lowest BCUT2D eigenvalue weighted by atomic mass is 9.71. The molecule has 2 atom stereocenters. The molecule has 0 spiro atoms. The van der Waals surface area contributed by atoms with Gasteiger partial charge in [0.2, 0.25) is 5.60 Å². The van der Waals surface area contributed by atoms with Crippen molar-refractivity contribution in [2.75, 3.05) is 0 Å². The molecule has 22 heavy (non-hydrogen) atoms. The molecule has 5 heteroatoms. The van der Waals surface area contributed by atoms with Crippen LogP contribution in [0.3, 0.4) is 0 Å². The Morgan fingerprint density at radius 1 is 1.05 bits per heavy atom. The molecular weight excluding hydrogens is 284 g/mol. The fourth-order valence-electron chi connectivity index (χ4n) is 3.29. The molecule has 0 bridgehead atoms. The van der Waals surface area contributed by atoms with Gasteiger partial charge in [0.25, 0.3) is 0 Å². The van der Waals surface area contributed by atoms with E-state index in [4.69, 9.17) is 0 Å². The lowest BCUT2D eigenvalue weighted by molar-refractivity contribution is -0.203. The third-order valence-corrected chi connectivity index (χ3v) is 4.81. The van der Waals surface area contributed by atoms with Crippen molar-refractivity contribution in [3.63, 3.8) is 0 Å². The molecule has 1 fully saturated rings. The van der Waals surface area contributed by atoms with E-state index >= 15 is 0 Å². The van der Waals surface area contributed by atoms with Crippen LogP contribution in [0.4, 0.5) is 0 Å². The van der Waals surface area contributed by atoms with Gasteiger partial charge in [0.15, 0.2) is 11.6 Å². The topological polar surface area (TPSA) is 94.8 Å². The normalized spacial score (nSPS) is 21.9. The molecule has 0 aromatic heterocycles. The number of carbonyl (C=O) groups is 2. The Hall–Kier alpha value is -0.780. The minimum Gasteiger partial charge on any atom is -0.390 e. The van der Waals surface area contributed by atoms with Crippen molar-refractivity contribution in [1.82, 2.24) is 0 Å². The van der Waals surface area contributed by atoms with E-state index in [1.165, 1.54) is 0 Å². The standard InChI is InChI=1S/C17H30O5/c1-3-5-7-9-13(18)16(21,12-8-6-4-2)17(22)14(19)10-11-15(17)20/h13,18,21-22H,3-12H2,1-2H3. The summed E-state index contributed by atoms with van der Waals surface area (Å²) in [6, 6.07) is 0. The molecule has 2 unspecified atom stereocenters. The van der Waals surface area contributed by atoms with Crippen LogP contribution in [0.5, 0.6) is 0 Å². The van der Waals surface area contributed by atoms with Gasteiger partial charge in [0.1, 0.15) is 5.60 Å². The van der Waals surface area contributed by atoms with Gasteiger partial charge in [0.05, 0.1) is 6.10 Å². The highest BCUT2D eigenvalue weighted by molar-refractivity contribution is 6.17. The first-order chi connectivity index (χ1) is 10.3. The fraction of sp³-hybridized carbons (Fsp3) is 0.882. The first kappa shape index (κ1) is 19.3. The van der Waals surface area contributed by atoms with Gasteiger partial charge in [-0.1, -0.05) is 52.4 Å². The van der Waals surface area contributed by atoms with Crippen molar-refractivity contribution in [2.24, 2.45) is 0 Å². The van der Waals surface area contributed by atoms with Crippen molar-refractivity contribution >= 4 is 11.6 Å². The third kappa shape index (κ3) is 3.58. The second kappa shape index (κ2) is 8.18. The van der Waals surface area contributed by atoms with Crippen molar-refractivity contribution in [3.8, 4) is 0 Å². The summed E-state index contributed by atoms with van der Waals surface area (Å²) < 4.78 is 0. The van der Waals surface area contributed by atoms with Crippen LogP contribution in [-0.2, 0) is 9.59 Å². The Labute approximate surface area is 132 Å². The van der Waals surface area contributed by atoms with E-state index in [0.717, 1.165) is 25.7 Å². The minimum absolute atomic E-state index is 0.0577. The van der Waals surface area contributed by atoms with Gasteiger partial charge in [0, 0.05) is 12.8 Å². The van der Waals surface area contributed by atoms with Gasteiger partial charge in [-0.3, -0.25) is 9.59 Å². The fourth-order valence-corrected chi connectivity index (χ4v) is 3.29. The number of carbonyl (C=O) groups excluding carboxylic acids is 2. The van der Waals surface area contributed by atoms with Crippen LogP contribution in [0.2, 0.25) is 0 Å². The van der Waals surface area contributed by atoms with Gasteiger partial charge in [-0.2, -0.15) is 0 Å². The Balaban J connectivity index is 2.99. The maximum atomic E-state index is 12.1. The smallest absolute Gasteiger partial charge is 0.212 e. The second-order valence-corrected chi connectivity index (χ2v) is 6.45. The maximum absolute atomic E-state index is 12.1. The molecule has 1 aliphatic rings. The predicted molar refractivity (Wildman–Crippen MR) is 83.4 cm³/mol. The Morgan fingerprint density at radius 3 is 2.05 bits per heavy atom. The van der Waals surface area contributed by atoms with Crippen molar-refractivity contribution in [1.29, 1.82) is 0 Å². The lowest BCUT2D eigenvalue weighted by Crippen LogP contribution is -2.66. The van der Waals surface area contributed by atoms with Crippen LogP contribution >= 0.6 is 0 Å². The average molecular weight is 314 g/mol. The maximum Gasteiger partial charge on any atom is 0.212 e. The second-order valence-electron chi connectivity index (χ2n) is 6.45. The molecule has 1 saturated carbocycles. The summed E-state index contributed by atoms with van der Waals surface area (Å²) in [5.41, 5.74) is -4.51. The highest BCUT2D eigenvalue weighted by atomic mass is 16.4.